The molecule has 0 radical (unpaired) electrons. The molecular formula is C46H73N5O9. The number of hydrogen-bond donors (Lipinski definition) is 3. The van der Waals surface area contributed by atoms with Crippen LogP contribution in [-0.4, -0.2) is 132 Å². The number of aromatic nitrogens is 1. The van der Waals surface area contributed by atoms with Crippen molar-refractivity contribution in [3.63, 3.8) is 0 Å². The minimum absolute atomic E-state index is 0.0527. The highest BCUT2D eigenvalue weighted by molar-refractivity contribution is 6.00. The van der Waals surface area contributed by atoms with Gasteiger partial charge in [0.05, 0.1) is 29.4 Å². The Kier molecular flexibility index (Phi) is 15.8. The van der Waals surface area contributed by atoms with Crippen molar-refractivity contribution in [3.05, 3.63) is 42.1 Å². The maximum atomic E-state index is 14.5. The fourth-order valence-electron chi connectivity index (χ4n) is 10.3. The number of hydrazine groups is 1. The van der Waals surface area contributed by atoms with Crippen LogP contribution in [0.4, 0.5) is 4.79 Å². The van der Waals surface area contributed by atoms with E-state index in [0.29, 0.717) is 25.8 Å². The second kappa shape index (κ2) is 19.9. The second-order valence-electron chi connectivity index (χ2n) is 18.6. The molecule has 2 aromatic rings. The van der Waals surface area contributed by atoms with E-state index in [-0.39, 0.29) is 36.1 Å². The van der Waals surface area contributed by atoms with Crippen molar-refractivity contribution in [1.82, 2.24) is 25.6 Å². The molecule has 3 aliphatic heterocycles. The van der Waals surface area contributed by atoms with Crippen LogP contribution >= 0.6 is 0 Å². The zero-order valence-corrected chi connectivity index (χ0v) is 38.3. The largest absolute Gasteiger partial charge is 0.458 e. The molecular weight excluding hydrogens is 767 g/mol. The first-order valence-electron chi connectivity index (χ1n) is 22.1. The number of Topliss-reactive ketones (excluding diaryl/α,β-unsaturated/α-hetero) is 1. The van der Waals surface area contributed by atoms with E-state index >= 15 is 0 Å². The zero-order chi connectivity index (χ0) is 44.3. The van der Waals surface area contributed by atoms with Gasteiger partial charge in [0.2, 0.25) is 0 Å². The molecule has 3 saturated heterocycles. The molecule has 1 aromatic heterocycles. The van der Waals surface area contributed by atoms with Crippen molar-refractivity contribution in [2.75, 3.05) is 27.7 Å². The van der Waals surface area contributed by atoms with Crippen LogP contribution in [0.25, 0.3) is 10.9 Å². The summed E-state index contributed by atoms with van der Waals surface area (Å²) in [6, 6.07) is 9.08. The Bertz CT molecular complexity index is 1770. The molecule has 60 heavy (non-hydrogen) atoms. The van der Waals surface area contributed by atoms with E-state index in [1.165, 1.54) is 5.56 Å². The number of nitrogens with one attached hydrogen (secondary N) is 2. The summed E-state index contributed by atoms with van der Waals surface area (Å²) >= 11 is 0. The molecule has 5 rings (SSSR count). The predicted octanol–water partition coefficient (Wildman–Crippen LogP) is 5.67. The van der Waals surface area contributed by atoms with Gasteiger partial charge in [-0.3, -0.25) is 14.6 Å². The van der Waals surface area contributed by atoms with Crippen LogP contribution in [0.15, 0.2) is 36.5 Å². The number of hydrogen-bond acceptors (Lipinski definition) is 13. The van der Waals surface area contributed by atoms with Gasteiger partial charge in [0, 0.05) is 49.3 Å². The molecule has 0 bridgehead atoms. The Hall–Kier alpha value is -3.24. The number of aliphatic hydroxyl groups is 1. The lowest BCUT2D eigenvalue weighted by Crippen LogP contribution is -2.63. The lowest BCUT2D eigenvalue weighted by atomic mass is 9.71. The van der Waals surface area contributed by atoms with Gasteiger partial charge in [0.1, 0.15) is 18.1 Å². The summed E-state index contributed by atoms with van der Waals surface area (Å²) < 4.78 is 32.0. The van der Waals surface area contributed by atoms with Gasteiger partial charge in [-0.05, 0) is 103 Å². The van der Waals surface area contributed by atoms with Gasteiger partial charge in [-0.25, -0.2) is 15.2 Å². The standard InChI is InChI=1S/C46H73N5O9/c1-14-36-46(10)40(51(44(55)60-46)48-22-17-18-32-21-23-47-34-20-16-15-19-33(32)34)29(6)37(49-26(2)3)27(4)25-45(9,56-13)41(30(7)38(52)31(8)42(54)58-36)59-43-39(53)35(50(11)12)24-28(5)57-43/h15-16,19-21,23,26-31,35-37,39-41,43,48-49,53H,14,17-18,22,24-25H2,1-13H3/t27-,28-,29+,30+,31-,35+,36-,37?,39-,40-,41-,43+,45+,46-/m1/s1. The number of likely N-dealkylation sites (N-methyl/N-ethyl adjacent to an activating group) is 1. The number of benzene rings is 1. The molecule has 1 amide bonds. The molecule has 3 N–H and O–H groups in total. The summed E-state index contributed by atoms with van der Waals surface area (Å²) in [5.41, 5.74) is 3.16. The second-order valence-corrected chi connectivity index (χ2v) is 18.6. The van der Waals surface area contributed by atoms with E-state index in [1.54, 1.807) is 26.0 Å². The van der Waals surface area contributed by atoms with Crippen molar-refractivity contribution in [2.24, 2.45) is 23.7 Å². The highest BCUT2D eigenvalue weighted by atomic mass is 16.7. The van der Waals surface area contributed by atoms with Gasteiger partial charge in [-0.15, -0.1) is 0 Å². The summed E-state index contributed by atoms with van der Waals surface area (Å²) in [7, 11) is 5.42. The average molecular weight is 840 g/mol. The Morgan fingerprint density at radius 3 is 2.42 bits per heavy atom. The van der Waals surface area contributed by atoms with E-state index in [9.17, 15) is 19.5 Å². The van der Waals surface area contributed by atoms with Crippen LogP contribution in [-0.2, 0) is 39.7 Å². The number of carbonyl (C=O) groups excluding carboxylic acids is 3. The molecule has 14 atom stereocenters. The monoisotopic (exact) mass is 840 g/mol. The topological polar surface area (TPSA) is 161 Å². The molecule has 0 saturated carbocycles. The SMILES string of the molecule is CC[C@H]1OC(=O)[C@H](C)C(=O)[C@H](C)[C@@H](O[C@@H]2O[C@H](C)C[C@H](N(C)C)[C@H]2O)[C@@](C)(OC)C[C@@H](C)C(NC(C)C)[C@H](C)[C@H]2N(NCCCc3ccnc4ccccc34)C(=O)O[C@]12C. The van der Waals surface area contributed by atoms with Crippen LogP contribution in [0.2, 0.25) is 0 Å². The van der Waals surface area contributed by atoms with Crippen molar-refractivity contribution in [1.29, 1.82) is 0 Å². The average Bonchev–Trinajstić information content (AvgIpc) is 3.47. The molecule has 4 heterocycles. The number of carbonyl (C=O) groups is 3. The lowest BCUT2D eigenvalue weighted by Gasteiger charge is -2.48. The van der Waals surface area contributed by atoms with Crippen LogP contribution in [0.1, 0.15) is 100 Å². The van der Waals surface area contributed by atoms with Crippen LogP contribution in [0, 0.1) is 23.7 Å². The summed E-state index contributed by atoms with van der Waals surface area (Å²) in [5, 5.41) is 18.1. The Morgan fingerprint density at radius 1 is 1.07 bits per heavy atom. The van der Waals surface area contributed by atoms with E-state index in [2.05, 4.69) is 49.5 Å². The number of nitrogens with zero attached hydrogens (tertiary/aromatic N) is 3. The number of pyridine rings is 1. The molecule has 3 fully saturated rings. The first-order chi connectivity index (χ1) is 28.3. The summed E-state index contributed by atoms with van der Waals surface area (Å²) in [4.78, 5) is 49.2. The number of aliphatic hydroxyl groups excluding tert-OH is 1. The molecule has 0 aliphatic carbocycles. The van der Waals surface area contributed by atoms with E-state index in [1.807, 2.05) is 77.2 Å². The fourth-order valence-corrected chi connectivity index (χ4v) is 10.3. The highest BCUT2D eigenvalue weighted by Crippen LogP contribution is 2.43. The highest BCUT2D eigenvalue weighted by Gasteiger charge is 2.61. The number of para-hydroxylation sites is 1. The van der Waals surface area contributed by atoms with Crippen LogP contribution in [0.3, 0.4) is 0 Å². The third kappa shape index (κ3) is 10.0. The third-order valence-electron chi connectivity index (χ3n) is 13.5. The number of fused-ring (bicyclic) bond motifs is 2. The van der Waals surface area contributed by atoms with Gasteiger partial charge in [0.25, 0.3) is 0 Å². The number of ketones is 1. The Labute approximate surface area is 357 Å². The molecule has 1 unspecified atom stereocenters. The molecule has 0 spiro atoms. The van der Waals surface area contributed by atoms with Gasteiger partial charge in [0.15, 0.2) is 17.7 Å². The van der Waals surface area contributed by atoms with Gasteiger partial charge in [-0.1, -0.05) is 59.7 Å². The first kappa shape index (κ1) is 47.8. The molecule has 14 heteroatoms. The fraction of sp³-hybridized carbons (Fsp3) is 0.739. The van der Waals surface area contributed by atoms with Crippen molar-refractivity contribution < 1.29 is 43.2 Å². The maximum Gasteiger partial charge on any atom is 0.425 e. The number of esters is 1. The minimum Gasteiger partial charge on any atom is -0.458 e. The smallest absolute Gasteiger partial charge is 0.425 e. The van der Waals surface area contributed by atoms with Crippen molar-refractivity contribution in [2.45, 2.75) is 167 Å². The summed E-state index contributed by atoms with van der Waals surface area (Å²) in [5.74, 6) is -3.56. The number of amides is 1. The van der Waals surface area contributed by atoms with E-state index < -0.39 is 71.5 Å². The van der Waals surface area contributed by atoms with Gasteiger partial charge >= 0.3 is 12.1 Å². The quantitative estimate of drug-likeness (QED) is 0.136. The normalized spacial score (nSPS) is 37.3. The minimum atomic E-state index is -1.28. The van der Waals surface area contributed by atoms with Crippen molar-refractivity contribution in [3.8, 4) is 0 Å². The Morgan fingerprint density at radius 2 is 1.77 bits per heavy atom. The molecule has 14 nitrogen and oxygen atoms in total. The number of methoxy groups -OCH3 is 1. The van der Waals surface area contributed by atoms with Crippen LogP contribution < -0.4 is 10.7 Å². The third-order valence-corrected chi connectivity index (χ3v) is 13.5. The van der Waals surface area contributed by atoms with Crippen LogP contribution in [0.5, 0.6) is 0 Å². The molecule has 1 aromatic carbocycles. The van der Waals surface area contributed by atoms with Gasteiger partial charge < -0.3 is 39.0 Å². The van der Waals surface area contributed by atoms with E-state index in [4.69, 9.17) is 23.7 Å². The molecule has 336 valence electrons. The predicted molar refractivity (Wildman–Crippen MR) is 230 cm³/mol. The Balaban J connectivity index is 1.53. The number of aryl methyl sites for hydroxylation is 1. The lowest BCUT2D eigenvalue weighted by molar-refractivity contribution is -0.295. The number of rotatable bonds is 12. The summed E-state index contributed by atoms with van der Waals surface area (Å²) in [6.45, 7) is 19.8. The van der Waals surface area contributed by atoms with Crippen molar-refractivity contribution >= 4 is 28.7 Å². The zero-order valence-electron chi connectivity index (χ0n) is 38.3. The van der Waals surface area contributed by atoms with E-state index in [0.717, 1.165) is 23.7 Å². The number of ether oxygens (including phenoxy) is 5. The maximum absolute atomic E-state index is 14.5. The molecule has 3 aliphatic rings. The van der Waals surface area contributed by atoms with Gasteiger partial charge in [-0.2, -0.15) is 0 Å². The summed E-state index contributed by atoms with van der Waals surface area (Å²) in [6.07, 6.45) is 0.0376. The first-order valence-corrected chi connectivity index (χ1v) is 22.1. The number of cyclic esters (lactones) is 1.